The molecule has 0 N–H and O–H groups in total. The van der Waals surface area contributed by atoms with E-state index in [0.717, 1.165) is 35.5 Å². The van der Waals surface area contributed by atoms with E-state index >= 15 is 0 Å². The Hall–Kier alpha value is -0.520. The van der Waals surface area contributed by atoms with E-state index in [0.29, 0.717) is 10.8 Å². The first-order valence-electron chi connectivity index (χ1n) is 12.6. The Kier molecular flexibility index (Phi) is 5.65. The van der Waals surface area contributed by atoms with E-state index in [1.54, 1.807) is 11.1 Å². The molecule has 0 amide bonds. The summed E-state index contributed by atoms with van der Waals surface area (Å²) in [6.07, 6.45) is 19.6. The summed E-state index contributed by atoms with van der Waals surface area (Å²) in [5, 5.41) is 0. The van der Waals surface area contributed by atoms with Crippen LogP contribution in [0, 0.1) is 46.3 Å². The molecule has 0 bridgehead atoms. The van der Waals surface area contributed by atoms with Crippen LogP contribution in [0.1, 0.15) is 106 Å². The Morgan fingerprint density at radius 1 is 1.00 bits per heavy atom. The fourth-order valence-corrected chi connectivity index (χ4v) is 8.50. The molecule has 0 nitrogen and oxygen atoms in total. The van der Waals surface area contributed by atoms with E-state index in [4.69, 9.17) is 0 Å². The van der Waals surface area contributed by atoms with Crippen LogP contribution in [-0.2, 0) is 0 Å². The summed E-state index contributed by atoms with van der Waals surface area (Å²) in [5.41, 5.74) is 4.51. The first-order chi connectivity index (χ1) is 13.3. The lowest BCUT2D eigenvalue weighted by atomic mass is 9.47. The summed E-state index contributed by atoms with van der Waals surface area (Å²) in [6, 6.07) is 0. The van der Waals surface area contributed by atoms with Gasteiger partial charge in [-0.2, -0.15) is 0 Å². The number of hydrogen-bond acceptors (Lipinski definition) is 0. The topological polar surface area (TPSA) is 0 Å². The minimum atomic E-state index is 0.477. The predicted octanol–water partition coefficient (Wildman–Crippen LogP) is 8.58. The van der Waals surface area contributed by atoms with Gasteiger partial charge in [-0.25, -0.2) is 0 Å². The van der Waals surface area contributed by atoms with Gasteiger partial charge in [0.05, 0.1) is 0 Å². The van der Waals surface area contributed by atoms with E-state index in [1.807, 2.05) is 0 Å². The van der Waals surface area contributed by atoms with E-state index in [9.17, 15) is 0 Å². The van der Waals surface area contributed by atoms with Gasteiger partial charge in [0.25, 0.3) is 0 Å². The van der Waals surface area contributed by atoms with E-state index < -0.39 is 0 Å². The molecule has 0 unspecified atom stereocenters. The SMILES string of the molecule is CC1=CC[C@@]2(C)C(=CC[C@H]3[C@@H]4CC[C@H]([C@H](C)CCCC(C)C)[C@@]4(C)CC[C@@H]32)C1. The minimum Gasteiger partial charge on any atom is -0.0844 e. The zero-order valence-corrected chi connectivity index (χ0v) is 19.7. The van der Waals surface area contributed by atoms with Gasteiger partial charge in [-0.05, 0) is 98.2 Å². The van der Waals surface area contributed by atoms with E-state index in [2.05, 4.69) is 53.7 Å². The highest BCUT2D eigenvalue weighted by atomic mass is 14.6. The fraction of sp³-hybridized carbons (Fsp3) is 0.857. The molecule has 2 saturated carbocycles. The summed E-state index contributed by atoms with van der Waals surface area (Å²) in [5.74, 6) is 5.68. The van der Waals surface area contributed by atoms with Crippen LogP contribution >= 0.6 is 0 Å². The van der Waals surface area contributed by atoms with Gasteiger partial charge in [-0.1, -0.05) is 77.2 Å². The number of fused-ring (bicyclic) bond motifs is 5. The molecule has 4 aliphatic rings. The van der Waals surface area contributed by atoms with Crippen LogP contribution < -0.4 is 0 Å². The zero-order chi connectivity index (χ0) is 20.1. The molecule has 0 saturated heterocycles. The maximum Gasteiger partial charge on any atom is -0.00476 e. The van der Waals surface area contributed by atoms with Crippen molar-refractivity contribution < 1.29 is 0 Å². The van der Waals surface area contributed by atoms with Gasteiger partial charge in [-0.3, -0.25) is 0 Å². The summed E-state index contributed by atoms with van der Waals surface area (Å²) >= 11 is 0. The summed E-state index contributed by atoms with van der Waals surface area (Å²) in [7, 11) is 0. The van der Waals surface area contributed by atoms with Crippen LogP contribution in [-0.4, -0.2) is 0 Å². The largest absolute Gasteiger partial charge is 0.0844 e. The van der Waals surface area contributed by atoms with Crippen molar-refractivity contribution in [3.8, 4) is 0 Å². The van der Waals surface area contributed by atoms with Gasteiger partial charge in [0.15, 0.2) is 0 Å². The van der Waals surface area contributed by atoms with Crippen LogP contribution in [0.5, 0.6) is 0 Å². The quantitative estimate of drug-likeness (QED) is 0.418. The molecular formula is C28H46. The number of allylic oxidation sites excluding steroid dienone is 4. The summed E-state index contributed by atoms with van der Waals surface area (Å²) in [6.45, 7) is 15.0. The maximum atomic E-state index is 2.72. The zero-order valence-electron chi connectivity index (χ0n) is 19.7. The standard InChI is InChI=1S/C28H46/c1-19(2)8-7-9-21(4)24-12-13-25-23-11-10-22-18-20(3)14-16-27(22,5)26(23)15-17-28(24,25)6/h10,14,19,21,23-26H,7-9,11-13,15-18H2,1-6H3/t21-,23+,24-,25+,26+,27+,28-/m1/s1. The molecule has 0 aliphatic heterocycles. The summed E-state index contributed by atoms with van der Waals surface area (Å²) < 4.78 is 0. The second-order valence-electron chi connectivity index (χ2n) is 12.2. The molecule has 0 spiro atoms. The first-order valence-corrected chi connectivity index (χ1v) is 12.6. The van der Waals surface area contributed by atoms with Crippen molar-refractivity contribution in [3.63, 3.8) is 0 Å². The van der Waals surface area contributed by atoms with Gasteiger partial charge >= 0.3 is 0 Å². The van der Waals surface area contributed by atoms with Crippen molar-refractivity contribution in [2.24, 2.45) is 46.3 Å². The van der Waals surface area contributed by atoms with Crippen molar-refractivity contribution in [2.75, 3.05) is 0 Å². The molecule has 2 fully saturated rings. The molecule has 0 heteroatoms. The Balaban J connectivity index is 1.50. The molecule has 158 valence electrons. The monoisotopic (exact) mass is 382 g/mol. The van der Waals surface area contributed by atoms with Crippen LogP contribution in [0.3, 0.4) is 0 Å². The van der Waals surface area contributed by atoms with E-state index in [1.165, 1.54) is 64.2 Å². The third-order valence-electron chi connectivity index (χ3n) is 10.2. The van der Waals surface area contributed by atoms with Crippen LogP contribution in [0.2, 0.25) is 0 Å². The maximum absolute atomic E-state index is 2.72. The first kappa shape index (κ1) is 20.7. The van der Waals surface area contributed by atoms with Crippen molar-refractivity contribution in [1.82, 2.24) is 0 Å². The van der Waals surface area contributed by atoms with Crippen molar-refractivity contribution in [2.45, 2.75) is 106 Å². The van der Waals surface area contributed by atoms with E-state index in [-0.39, 0.29) is 0 Å². The Morgan fingerprint density at radius 2 is 1.79 bits per heavy atom. The molecular weight excluding hydrogens is 336 g/mol. The molecule has 0 heterocycles. The van der Waals surface area contributed by atoms with Crippen LogP contribution in [0.15, 0.2) is 23.3 Å². The molecule has 0 aromatic carbocycles. The van der Waals surface area contributed by atoms with Gasteiger partial charge in [0, 0.05) is 0 Å². The second kappa shape index (κ2) is 7.63. The van der Waals surface area contributed by atoms with Crippen LogP contribution in [0.25, 0.3) is 0 Å². The molecule has 4 rings (SSSR count). The van der Waals surface area contributed by atoms with Crippen molar-refractivity contribution >= 4 is 0 Å². The molecule has 0 aromatic heterocycles. The van der Waals surface area contributed by atoms with Crippen molar-refractivity contribution in [1.29, 1.82) is 0 Å². The Morgan fingerprint density at radius 3 is 2.54 bits per heavy atom. The highest BCUT2D eigenvalue weighted by molar-refractivity contribution is 5.31. The molecule has 0 aromatic rings. The highest BCUT2D eigenvalue weighted by Crippen LogP contribution is 2.67. The Labute approximate surface area is 175 Å². The third kappa shape index (κ3) is 3.35. The Bertz CT molecular complexity index is 636. The van der Waals surface area contributed by atoms with Gasteiger partial charge < -0.3 is 0 Å². The number of hydrogen-bond donors (Lipinski definition) is 0. The molecule has 7 atom stereocenters. The predicted molar refractivity (Wildman–Crippen MR) is 122 cm³/mol. The fourth-order valence-electron chi connectivity index (χ4n) is 8.50. The molecule has 4 aliphatic carbocycles. The lowest BCUT2D eigenvalue weighted by Gasteiger charge is -2.57. The normalized spacial score (nSPS) is 43.7. The lowest BCUT2D eigenvalue weighted by molar-refractivity contribution is -0.0444. The number of rotatable bonds is 5. The molecule has 0 radical (unpaired) electrons. The highest BCUT2D eigenvalue weighted by Gasteiger charge is 2.58. The average Bonchev–Trinajstić information content (AvgIpc) is 2.99. The van der Waals surface area contributed by atoms with Gasteiger partial charge in [0.1, 0.15) is 0 Å². The van der Waals surface area contributed by atoms with Crippen LogP contribution in [0.4, 0.5) is 0 Å². The van der Waals surface area contributed by atoms with Gasteiger partial charge in [-0.15, -0.1) is 0 Å². The smallest absolute Gasteiger partial charge is 0.00476 e. The average molecular weight is 383 g/mol. The third-order valence-corrected chi connectivity index (χ3v) is 10.2. The molecule has 28 heavy (non-hydrogen) atoms. The minimum absolute atomic E-state index is 0.477. The lowest BCUT2D eigenvalue weighted by Crippen LogP contribution is -2.49. The summed E-state index contributed by atoms with van der Waals surface area (Å²) in [4.78, 5) is 0. The second-order valence-corrected chi connectivity index (χ2v) is 12.2. The van der Waals surface area contributed by atoms with Crippen molar-refractivity contribution in [3.05, 3.63) is 23.3 Å². The van der Waals surface area contributed by atoms with Gasteiger partial charge in [0.2, 0.25) is 0 Å².